The molecule has 0 aromatic heterocycles. The number of hydrogen-bond acceptors (Lipinski definition) is 1. The van der Waals surface area contributed by atoms with Crippen molar-refractivity contribution in [3.63, 3.8) is 0 Å². The van der Waals surface area contributed by atoms with Crippen molar-refractivity contribution in [3.05, 3.63) is 0 Å². The van der Waals surface area contributed by atoms with Crippen LogP contribution in [0.25, 0.3) is 0 Å². The summed E-state index contributed by atoms with van der Waals surface area (Å²) in [7, 11) is 0. The lowest BCUT2D eigenvalue weighted by Crippen LogP contribution is -2.24. The van der Waals surface area contributed by atoms with E-state index in [1.165, 1.54) is 0 Å². The summed E-state index contributed by atoms with van der Waals surface area (Å²) in [4.78, 5) is 0. The minimum Gasteiger partial charge on any atom is -0.144 e. The van der Waals surface area contributed by atoms with E-state index in [0.717, 1.165) is 24.4 Å². The van der Waals surface area contributed by atoms with Crippen LogP contribution in [0.15, 0.2) is 0 Å². The van der Waals surface area contributed by atoms with Gasteiger partial charge in [0, 0.05) is 12.6 Å². The van der Waals surface area contributed by atoms with Crippen LogP contribution in [0.5, 0.6) is 0 Å². The van der Waals surface area contributed by atoms with E-state index in [1.54, 1.807) is 0 Å². The molecule has 0 amide bonds. The van der Waals surface area contributed by atoms with Gasteiger partial charge in [-0.25, -0.2) is 0 Å². The zero-order valence-corrected chi connectivity index (χ0v) is 7.23. The standard InChI is InChI=1S/C8H18FN/c1-4-6-7-8(3)10(9)5-2/h8H,4-7H2,1-3H3. The fourth-order valence-electron chi connectivity index (χ4n) is 0.951. The van der Waals surface area contributed by atoms with E-state index in [2.05, 4.69) is 6.92 Å². The summed E-state index contributed by atoms with van der Waals surface area (Å²) < 4.78 is 12.7. The van der Waals surface area contributed by atoms with E-state index in [1.807, 2.05) is 13.8 Å². The topological polar surface area (TPSA) is 3.24 Å². The van der Waals surface area contributed by atoms with Crippen molar-refractivity contribution < 1.29 is 4.48 Å². The molecule has 1 unspecified atom stereocenters. The summed E-state index contributed by atoms with van der Waals surface area (Å²) in [6, 6.07) is 0.102. The van der Waals surface area contributed by atoms with Crippen LogP contribution < -0.4 is 0 Å². The highest BCUT2D eigenvalue weighted by Crippen LogP contribution is 2.07. The maximum Gasteiger partial charge on any atom is 0.0374 e. The first-order chi connectivity index (χ1) is 4.72. The molecule has 1 nitrogen and oxygen atoms in total. The Balaban J connectivity index is 3.31. The molecule has 0 N–H and O–H groups in total. The number of nitrogens with zero attached hydrogens (tertiary/aromatic N) is 1. The van der Waals surface area contributed by atoms with Crippen molar-refractivity contribution in [2.75, 3.05) is 6.54 Å². The number of hydrogen-bond donors (Lipinski definition) is 0. The van der Waals surface area contributed by atoms with Gasteiger partial charge in [-0.15, -0.1) is 9.60 Å². The number of rotatable bonds is 5. The third-order valence-electron chi connectivity index (χ3n) is 1.76. The van der Waals surface area contributed by atoms with E-state index >= 15 is 0 Å². The molecule has 0 rings (SSSR count). The van der Waals surface area contributed by atoms with Crippen molar-refractivity contribution in [1.82, 2.24) is 5.12 Å². The Bertz CT molecular complexity index is 75.7. The zero-order chi connectivity index (χ0) is 7.98. The minimum atomic E-state index is 0.102. The largest absolute Gasteiger partial charge is 0.144 e. The Morgan fingerprint density at radius 1 is 1.40 bits per heavy atom. The second-order valence-electron chi connectivity index (χ2n) is 2.71. The summed E-state index contributed by atoms with van der Waals surface area (Å²) in [5.41, 5.74) is 0. The average Bonchev–Trinajstić information content (AvgIpc) is 1.98. The molecule has 1 atom stereocenters. The molecule has 0 bridgehead atoms. The molecule has 0 aliphatic rings. The second-order valence-corrected chi connectivity index (χ2v) is 2.71. The minimum absolute atomic E-state index is 0.102. The molecule has 2 heteroatoms. The highest BCUT2D eigenvalue weighted by Gasteiger charge is 2.08. The molecule has 0 saturated heterocycles. The molecule has 0 radical (unpaired) electrons. The van der Waals surface area contributed by atoms with Gasteiger partial charge in [-0.05, 0) is 20.3 Å². The molecular formula is C8H18FN. The van der Waals surface area contributed by atoms with Crippen molar-refractivity contribution in [2.45, 2.75) is 46.1 Å². The van der Waals surface area contributed by atoms with Gasteiger partial charge in [0.2, 0.25) is 0 Å². The highest BCUT2D eigenvalue weighted by atomic mass is 19.2. The quantitative estimate of drug-likeness (QED) is 0.540. The lowest BCUT2D eigenvalue weighted by Gasteiger charge is -2.17. The Kier molecular flexibility index (Phi) is 5.60. The first-order valence-corrected chi connectivity index (χ1v) is 4.14. The summed E-state index contributed by atoms with van der Waals surface area (Å²) >= 11 is 0. The molecule has 0 aromatic rings. The van der Waals surface area contributed by atoms with Crippen LogP contribution in [-0.4, -0.2) is 17.7 Å². The van der Waals surface area contributed by atoms with Gasteiger partial charge < -0.3 is 0 Å². The van der Waals surface area contributed by atoms with Crippen LogP contribution >= 0.6 is 0 Å². The maximum atomic E-state index is 12.7. The number of halogens is 1. The molecule has 0 saturated carbocycles. The molecule has 0 heterocycles. The second kappa shape index (κ2) is 5.66. The third-order valence-corrected chi connectivity index (χ3v) is 1.76. The zero-order valence-electron chi connectivity index (χ0n) is 7.23. The SMILES string of the molecule is CCCCC(C)N(F)CC. The summed E-state index contributed by atoms with van der Waals surface area (Å²) in [5.74, 6) is 0. The van der Waals surface area contributed by atoms with E-state index in [0.29, 0.717) is 6.54 Å². The van der Waals surface area contributed by atoms with Crippen LogP contribution in [0.2, 0.25) is 0 Å². The van der Waals surface area contributed by atoms with E-state index < -0.39 is 0 Å². The fraction of sp³-hybridized carbons (Fsp3) is 1.00. The van der Waals surface area contributed by atoms with Gasteiger partial charge in [0.15, 0.2) is 0 Å². The van der Waals surface area contributed by atoms with Crippen LogP contribution in [0.4, 0.5) is 4.48 Å². The maximum absolute atomic E-state index is 12.7. The van der Waals surface area contributed by atoms with Gasteiger partial charge in [-0.1, -0.05) is 19.8 Å². The van der Waals surface area contributed by atoms with Gasteiger partial charge in [0.25, 0.3) is 0 Å². The average molecular weight is 147 g/mol. The first kappa shape index (κ1) is 9.89. The Labute approximate surface area is 63.2 Å². The molecule has 10 heavy (non-hydrogen) atoms. The molecular weight excluding hydrogens is 129 g/mol. The van der Waals surface area contributed by atoms with Crippen LogP contribution in [-0.2, 0) is 0 Å². The Morgan fingerprint density at radius 2 is 2.00 bits per heavy atom. The Morgan fingerprint density at radius 3 is 2.40 bits per heavy atom. The van der Waals surface area contributed by atoms with Crippen LogP contribution in [0, 0.1) is 0 Å². The van der Waals surface area contributed by atoms with E-state index in [9.17, 15) is 4.48 Å². The third kappa shape index (κ3) is 3.83. The van der Waals surface area contributed by atoms with Crippen molar-refractivity contribution in [2.24, 2.45) is 0 Å². The van der Waals surface area contributed by atoms with Crippen LogP contribution in [0.3, 0.4) is 0 Å². The fourth-order valence-corrected chi connectivity index (χ4v) is 0.951. The van der Waals surface area contributed by atoms with Gasteiger partial charge >= 0.3 is 0 Å². The number of unbranched alkanes of at least 4 members (excludes halogenated alkanes) is 1. The smallest absolute Gasteiger partial charge is 0.0374 e. The van der Waals surface area contributed by atoms with E-state index in [4.69, 9.17) is 0 Å². The summed E-state index contributed by atoms with van der Waals surface area (Å²) in [5, 5.41) is 0.898. The van der Waals surface area contributed by atoms with Crippen LogP contribution in [0.1, 0.15) is 40.0 Å². The highest BCUT2D eigenvalue weighted by molar-refractivity contribution is 4.56. The van der Waals surface area contributed by atoms with Gasteiger partial charge in [0.1, 0.15) is 0 Å². The molecule has 0 aliphatic heterocycles. The Hall–Kier alpha value is -0.110. The lowest BCUT2D eigenvalue weighted by atomic mass is 10.1. The monoisotopic (exact) mass is 147 g/mol. The molecule has 0 aliphatic carbocycles. The van der Waals surface area contributed by atoms with Gasteiger partial charge in [0.05, 0.1) is 0 Å². The summed E-state index contributed by atoms with van der Waals surface area (Å²) in [6.45, 7) is 6.40. The van der Waals surface area contributed by atoms with Crippen molar-refractivity contribution in [3.8, 4) is 0 Å². The predicted octanol–water partition coefficient (Wildman–Crippen LogP) is 2.77. The normalized spacial score (nSPS) is 14.1. The molecule has 0 aromatic carbocycles. The van der Waals surface area contributed by atoms with Crippen molar-refractivity contribution in [1.29, 1.82) is 0 Å². The predicted molar refractivity (Wildman–Crippen MR) is 42.5 cm³/mol. The first-order valence-electron chi connectivity index (χ1n) is 4.14. The van der Waals surface area contributed by atoms with Gasteiger partial charge in [-0.3, -0.25) is 0 Å². The molecule has 0 spiro atoms. The van der Waals surface area contributed by atoms with Gasteiger partial charge in [-0.2, -0.15) is 0 Å². The van der Waals surface area contributed by atoms with E-state index in [-0.39, 0.29) is 6.04 Å². The molecule has 62 valence electrons. The van der Waals surface area contributed by atoms with Crippen molar-refractivity contribution >= 4 is 0 Å². The summed E-state index contributed by atoms with van der Waals surface area (Å²) in [6.07, 6.45) is 3.25. The lowest BCUT2D eigenvalue weighted by molar-refractivity contribution is -0.0129. The molecule has 0 fully saturated rings.